The summed E-state index contributed by atoms with van der Waals surface area (Å²) < 4.78 is 2.02. The Bertz CT molecular complexity index is 1290. The van der Waals surface area contributed by atoms with E-state index in [-0.39, 0.29) is 0 Å². The highest BCUT2D eigenvalue weighted by molar-refractivity contribution is 6.42. The Hall–Kier alpha value is -1.97. The van der Waals surface area contributed by atoms with Gasteiger partial charge >= 0.3 is 0 Å². The van der Waals surface area contributed by atoms with Crippen LogP contribution < -0.4 is 0 Å². The van der Waals surface area contributed by atoms with Crippen molar-refractivity contribution in [1.82, 2.24) is 9.78 Å². The van der Waals surface area contributed by atoms with Gasteiger partial charge in [-0.05, 0) is 56.2 Å². The molecule has 0 saturated heterocycles. The maximum Gasteiger partial charge on any atom is 0.0959 e. The number of halogens is 4. The third kappa shape index (κ3) is 4.49. The Morgan fingerprint density at radius 2 is 1.32 bits per heavy atom. The van der Waals surface area contributed by atoms with Crippen LogP contribution in [0.25, 0.3) is 22.5 Å². The van der Waals surface area contributed by atoms with Crippen molar-refractivity contribution in [1.29, 1.82) is 0 Å². The van der Waals surface area contributed by atoms with Crippen molar-refractivity contribution in [3.05, 3.63) is 96.9 Å². The molecule has 31 heavy (non-hydrogen) atoms. The summed E-state index contributed by atoms with van der Waals surface area (Å²) in [6, 6.07) is 17.7. The van der Waals surface area contributed by atoms with Crippen LogP contribution in [0.5, 0.6) is 0 Å². The van der Waals surface area contributed by atoms with Crippen LogP contribution in [-0.4, -0.2) is 9.78 Å². The van der Waals surface area contributed by atoms with Crippen LogP contribution in [-0.2, 0) is 6.54 Å². The summed E-state index contributed by atoms with van der Waals surface area (Å²) in [6.07, 6.45) is 0. The van der Waals surface area contributed by atoms with E-state index in [1.807, 2.05) is 35.0 Å². The molecule has 0 aliphatic carbocycles. The van der Waals surface area contributed by atoms with Crippen molar-refractivity contribution in [3.8, 4) is 22.5 Å². The first-order valence-electron chi connectivity index (χ1n) is 9.79. The van der Waals surface area contributed by atoms with E-state index in [0.29, 0.717) is 26.6 Å². The molecule has 1 aromatic heterocycles. The van der Waals surface area contributed by atoms with Gasteiger partial charge in [0.1, 0.15) is 0 Å². The number of hydrogen-bond donors (Lipinski definition) is 0. The maximum absolute atomic E-state index is 6.34. The van der Waals surface area contributed by atoms with Gasteiger partial charge in [0.25, 0.3) is 0 Å². The summed E-state index contributed by atoms with van der Waals surface area (Å²) in [7, 11) is 0. The average molecular weight is 490 g/mol. The Kier molecular flexibility index (Phi) is 6.37. The predicted molar refractivity (Wildman–Crippen MR) is 133 cm³/mol. The van der Waals surface area contributed by atoms with Gasteiger partial charge in [0.15, 0.2) is 0 Å². The highest BCUT2D eigenvalue weighted by Gasteiger charge is 2.19. The summed E-state index contributed by atoms with van der Waals surface area (Å²) in [5.74, 6) is 0. The Morgan fingerprint density at radius 1 is 0.710 bits per heavy atom. The van der Waals surface area contributed by atoms with Crippen LogP contribution in [0, 0.1) is 20.8 Å². The Balaban J connectivity index is 1.92. The highest BCUT2D eigenvalue weighted by atomic mass is 35.5. The van der Waals surface area contributed by atoms with Crippen LogP contribution >= 0.6 is 46.4 Å². The first-order chi connectivity index (χ1) is 14.7. The molecule has 0 N–H and O–H groups in total. The van der Waals surface area contributed by atoms with Crippen molar-refractivity contribution >= 4 is 46.4 Å². The van der Waals surface area contributed by atoms with Crippen LogP contribution in [0.2, 0.25) is 20.1 Å². The van der Waals surface area contributed by atoms with Crippen molar-refractivity contribution in [3.63, 3.8) is 0 Å². The molecular weight excluding hydrogens is 470 g/mol. The van der Waals surface area contributed by atoms with Crippen molar-refractivity contribution in [2.45, 2.75) is 27.3 Å². The van der Waals surface area contributed by atoms with Gasteiger partial charge in [-0.2, -0.15) is 5.10 Å². The fourth-order valence-corrected chi connectivity index (χ4v) is 4.32. The molecule has 0 saturated carbocycles. The van der Waals surface area contributed by atoms with E-state index in [1.165, 1.54) is 16.7 Å². The number of aryl methyl sites for hydroxylation is 2. The van der Waals surface area contributed by atoms with Crippen molar-refractivity contribution in [2.24, 2.45) is 0 Å². The first kappa shape index (κ1) is 22.2. The van der Waals surface area contributed by atoms with Gasteiger partial charge in [-0.15, -0.1) is 0 Å². The lowest BCUT2D eigenvalue weighted by molar-refractivity contribution is 0.693. The van der Waals surface area contributed by atoms with Gasteiger partial charge in [-0.3, -0.25) is 4.68 Å². The zero-order valence-electron chi connectivity index (χ0n) is 17.3. The SMILES string of the molecule is Cc1ccc(C)c(Cn2nc(-c3ccc(Cl)c(Cl)c3)c(C)c2-c2ccc(Cl)c(Cl)c2)c1. The topological polar surface area (TPSA) is 17.8 Å². The summed E-state index contributed by atoms with van der Waals surface area (Å²) in [6.45, 7) is 6.90. The summed E-state index contributed by atoms with van der Waals surface area (Å²) in [5.41, 5.74) is 8.38. The highest BCUT2D eigenvalue weighted by Crippen LogP contribution is 2.37. The standard InChI is InChI=1S/C25H20Cl4N2/c1-14-4-5-15(2)19(10-14)13-31-25(18-7-9-21(27)23(29)12-18)16(3)24(30-31)17-6-8-20(26)22(28)11-17/h4-12H,13H2,1-3H3. The quantitative estimate of drug-likeness (QED) is 0.280. The minimum absolute atomic E-state index is 0.499. The van der Waals surface area contributed by atoms with E-state index in [2.05, 4.69) is 39.0 Å². The lowest BCUT2D eigenvalue weighted by Crippen LogP contribution is -2.06. The first-order valence-corrected chi connectivity index (χ1v) is 11.3. The van der Waals surface area contributed by atoms with E-state index >= 15 is 0 Å². The monoisotopic (exact) mass is 488 g/mol. The molecule has 0 fully saturated rings. The average Bonchev–Trinajstić information content (AvgIpc) is 3.05. The maximum atomic E-state index is 6.34. The van der Waals surface area contributed by atoms with Crippen LogP contribution in [0.4, 0.5) is 0 Å². The molecule has 3 aromatic carbocycles. The molecule has 2 nitrogen and oxygen atoms in total. The predicted octanol–water partition coefficient (Wildman–Crippen LogP) is 8.80. The molecule has 0 amide bonds. The van der Waals surface area contributed by atoms with Gasteiger partial charge in [0.05, 0.1) is 38.0 Å². The molecular formula is C25H20Cl4N2. The van der Waals surface area contributed by atoms with E-state index in [0.717, 1.165) is 28.1 Å². The largest absolute Gasteiger partial charge is 0.260 e. The molecule has 0 aliphatic heterocycles. The van der Waals surface area contributed by atoms with Crippen LogP contribution in [0.1, 0.15) is 22.3 Å². The number of hydrogen-bond acceptors (Lipinski definition) is 1. The van der Waals surface area contributed by atoms with Crippen LogP contribution in [0.15, 0.2) is 54.6 Å². The second-order valence-corrected chi connectivity index (χ2v) is 9.30. The second kappa shape index (κ2) is 8.88. The molecule has 0 radical (unpaired) electrons. The van der Waals surface area contributed by atoms with E-state index in [1.54, 1.807) is 6.07 Å². The molecule has 158 valence electrons. The molecule has 0 spiro atoms. The molecule has 0 aliphatic rings. The number of benzene rings is 3. The van der Waals surface area contributed by atoms with Crippen molar-refractivity contribution in [2.75, 3.05) is 0 Å². The fraction of sp³-hybridized carbons (Fsp3) is 0.160. The smallest absolute Gasteiger partial charge is 0.0959 e. The summed E-state index contributed by atoms with van der Waals surface area (Å²) in [4.78, 5) is 0. The Labute approximate surface area is 202 Å². The molecule has 0 atom stereocenters. The van der Waals surface area contributed by atoms with Crippen LogP contribution in [0.3, 0.4) is 0 Å². The third-order valence-corrected chi connectivity index (χ3v) is 6.88. The minimum Gasteiger partial charge on any atom is -0.260 e. The van der Waals surface area contributed by atoms with Gasteiger partial charge in [-0.1, -0.05) is 82.3 Å². The number of nitrogens with zero attached hydrogens (tertiary/aromatic N) is 2. The van der Waals surface area contributed by atoms with Gasteiger partial charge in [0.2, 0.25) is 0 Å². The summed E-state index contributed by atoms with van der Waals surface area (Å²) >= 11 is 24.9. The lowest BCUT2D eigenvalue weighted by atomic mass is 10.0. The molecule has 0 bridgehead atoms. The minimum atomic E-state index is 0.499. The van der Waals surface area contributed by atoms with Gasteiger partial charge < -0.3 is 0 Å². The van der Waals surface area contributed by atoms with E-state index < -0.39 is 0 Å². The molecule has 6 heteroatoms. The normalized spacial score (nSPS) is 11.2. The molecule has 0 unspecified atom stereocenters. The molecule has 1 heterocycles. The zero-order valence-corrected chi connectivity index (χ0v) is 20.3. The third-order valence-electron chi connectivity index (χ3n) is 5.40. The second-order valence-electron chi connectivity index (χ2n) is 7.67. The zero-order chi connectivity index (χ0) is 22.3. The number of aromatic nitrogens is 2. The molecule has 4 rings (SSSR count). The van der Waals surface area contributed by atoms with E-state index in [4.69, 9.17) is 51.5 Å². The summed E-state index contributed by atoms with van der Waals surface area (Å²) in [5, 5.41) is 7.03. The van der Waals surface area contributed by atoms with Gasteiger partial charge in [-0.25, -0.2) is 0 Å². The van der Waals surface area contributed by atoms with Crippen molar-refractivity contribution < 1.29 is 0 Å². The Morgan fingerprint density at radius 3 is 1.97 bits per heavy atom. The lowest BCUT2D eigenvalue weighted by Gasteiger charge is -2.12. The van der Waals surface area contributed by atoms with E-state index in [9.17, 15) is 0 Å². The van der Waals surface area contributed by atoms with Gasteiger partial charge in [0, 0.05) is 16.7 Å². The molecule has 4 aromatic rings. The number of rotatable bonds is 4. The fourth-order valence-electron chi connectivity index (χ4n) is 3.72.